The maximum Gasteiger partial charge on any atom is 0.305 e. The summed E-state index contributed by atoms with van der Waals surface area (Å²) in [5.41, 5.74) is -1.09. The van der Waals surface area contributed by atoms with E-state index in [4.69, 9.17) is 5.26 Å². The van der Waals surface area contributed by atoms with E-state index in [9.17, 15) is 14.5 Å². The lowest BCUT2D eigenvalue weighted by Crippen LogP contribution is -2.13. The molecule has 0 aliphatic heterocycles. The van der Waals surface area contributed by atoms with Crippen LogP contribution in [0.5, 0.6) is 0 Å². The molecular formula is C11H11FN2O2. The molecule has 1 aromatic rings. The Bertz CT molecular complexity index is 464. The van der Waals surface area contributed by atoms with E-state index in [2.05, 4.69) is 0 Å². The van der Waals surface area contributed by atoms with Crippen molar-refractivity contribution in [1.29, 1.82) is 5.26 Å². The minimum absolute atomic E-state index is 0.150. The Kier molecular flexibility index (Phi) is 3.23. The molecule has 0 amide bonds. The van der Waals surface area contributed by atoms with Crippen molar-refractivity contribution >= 4 is 5.69 Å². The zero-order valence-corrected chi connectivity index (χ0v) is 9.03. The second-order valence-corrected chi connectivity index (χ2v) is 4.18. The van der Waals surface area contributed by atoms with E-state index in [-0.39, 0.29) is 12.0 Å². The van der Waals surface area contributed by atoms with Crippen LogP contribution >= 0.6 is 0 Å². The molecule has 0 bridgehead atoms. The molecule has 5 heteroatoms. The first kappa shape index (κ1) is 12.1. The van der Waals surface area contributed by atoms with Crippen molar-refractivity contribution in [2.24, 2.45) is 5.41 Å². The average molecular weight is 222 g/mol. The lowest BCUT2D eigenvalue weighted by atomic mass is 9.87. The number of hydrogen-bond acceptors (Lipinski definition) is 3. The summed E-state index contributed by atoms with van der Waals surface area (Å²) < 4.78 is 13.6. The van der Waals surface area contributed by atoms with Gasteiger partial charge in [0.25, 0.3) is 0 Å². The second kappa shape index (κ2) is 4.27. The highest BCUT2D eigenvalue weighted by atomic mass is 19.1. The van der Waals surface area contributed by atoms with Gasteiger partial charge in [-0.05, 0) is 25.8 Å². The second-order valence-electron chi connectivity index (χ2n) is 4.18. The lowest BCUT2D eigenvalue weighted by Gasteiger charge is -2.15. The molecule has 16 heavy (non-hydrogen) atoms. The molecule has 0 aliphatic rings. The third-order valence-electron chi connectivity index (χ3n) is 2.19. The molecule has 0 fully saturated rings. The van der Waals surface area contributed by atoms with Gasteiger partial charge in [0.15, 0.2) is 0 Å². The van der Waals surface area contributed by atoms with Gasteiger partial charge < -0.3 is 0 Å². The Morgan fingerprint density at radius 1 is 1.56 bits per heavy atom. The van der Waals surface area contributed by atoms with Gasteiger partial charge in [0.1, 0.15) is 0 Å². The Hall–Kier alpha value is -1.96. The SMILES string of the molecule is CC(C)(C#N)Cc1cccc([N+](=O)[O-])c1F. The predicted octanol–water partition coefficient (Wildman–Crippen LogP) is 2.83. The van der Waals surface area contributed by atoms with Gasteiger partial charge in [-0.25, -0.2) is 0 Å². The lowest BCUT2D eigenvalue weighted by molar-refractivity contribution is -0.387. The Morgan fingerprint density at radius 2 is 2.19 bits per heavy atom. The topological polar surface area (TPSA) is 66.9 Å². The molecule has 0 saturated carbocycles. The van der Waals surface area contributed by atoms with Gasteiger partial charge in [-0.3, -0.25) is 10.1 Å². The van der Waals surface area contributed by atoms with Crippen molar-refractivity contribution in [1.82, 2.24) is 0 Å². The van der Waals surface area contributed by atoms with E-state index in [1.54, 1.807) is 13.8 Å². The molecule has 84 valence electrons. The van der Waals surface area contributed by atoms with E-state index >= 15 is 0 Å². The minimum atomic E-state index is -0.851. The molecule has 0 atom stereocenters. The van der Waals surface area contributed by atoms with Crippen LogP contribution in [0.2, 0.25) is 0 Å². The van der Waals surface area contributed by atoms with Crippen molar-refractivity contribution in [3.05, 3.63) is 39.7 Å². The fourth-order valence-electron chi connectivity index (χ4n) is 1.36. The largest absolute Gasteiger partial charge is 0.305 e. The van der Waals surface area contributed by atoms with Gasteiger partial charge in [-0.1, -0.05) is 12.1 Å². The number of nitriles is 1. The van der Waals surface area contributed by atoms with Crippen molar-refractivity contribution in [2.75, 3.05) is 0 Å². The molecule has 0 aromatic heterocycles. The van der Waals surface area contributed by atoms with E-state index in [1.165, 1.54) is 12.1 Å². The molecule has 0 spiro atoms. The molecule has 0 heterocycles. The third kappa shape index (κ3) is 2.54. The predicted molar refractivity (Wildman–Crippen MR) is 56.2 cm³/mol. The summed E-state index contributed by atoms with van der Waals surface area (Å²) in [5.74, 6) is -0.851. The smallest absolute Gasteiger partial charge is 0.258 e. The number of nitro groups is 1. The van der Waals surface area contributed by atoms with Crippen LogP contribution in [0.3, 0.4) is 0 Å². The van der Waals surface area contributed by atoms with Gasteiger partial charge in [-0.2, -0.15) is 9.65 Å². The quantitative estimate of drug-likeness (QED) is 0.583. The van der Waals surface area contributed by atoms with Crippen molar-refractivity contribution in [3.8, 4) is 6.07 Å². The molecule has 0 radical (unpaired) electrons. The summed E-state index contributed by atoms with van der Waals surface area (Å²) in [6, 6.07) is 6.02. The summed E-state index contributed by atoms with van der Waals surface area (Å²) in [4.78, 5) is 9.74. The normalized spacial score (nSPS) is 10.9. The van der Waals surface area contributed by atoms with Crippen LogP contribution in [0.1, 0.15) is 19.4 Å². The average Bonchev–Trinajstić information content (AvgIpc) is 2.20. The minimum Gasteiger partial charge on any atom is -0.258 e. The number of nitro benzene ring substituents is 1. The van der Waals surface area contributed by atoms with E-state index in [1.807, 2.05) is 6.07 Å². The maximum atomic E-state index is 13.6. The summed E-state index contributed by atoms with van der Waals surface area (Å²) in [5, 5.41) is 19.3. The number of rotatable bonds is 3. The molecule has 0 aliphatic carbocycles. The van der Waals surface area contributed by atoms with Gasteiger partial charge in [0, 0.05) is 6.07 Å². The molecular weight excluding hydrogens is 211 g/mol. The third-order valence-corrected chi connectivity index (χ3v) is 2.19. The van der Waals surface area contributed by atoms with Gasteiger partial charge in [-0.15, -0.1) is 0 Å². The van der Waals surface area contributed by atoms with Gasteiger partial charge in [0.2, 0.25) is 5.82 Å². The number of nitrogens with zero attached hydrogens (tertiary/aromatic N) is 2. The van der Waals surface area contributed by atoms with Crippen LogP contribution in [0, 0.1) is 32.7 Å². The summed E-state index contributed by atoms with van der Waals surface area (Å²) in [6.07, 6.45) is 0.150. The van der Waals surface area contributed by atoms with Crippen LogP contribution in [0.25, 0.3) is 0 Å². The molecule has 0 N–H and O–H groups in total. The Labute approximate surface area is 92.5 Å². The highest BCUT2D eigenvalue weighted by Crippen LogP contribution is 2.26. The highest BCUT2D eigenvalue weighted by Gasteiger charge is 2.23. The van der Waals surface area contributed by atoms with Crippen LogP contribution < -0.4 is 0 Å². The molecule has 0 unspecified atom stereocenters. The fraction of sp³-hybridized carbons (Fsp3) is 0.364. The van der Waals surface area contributed by atoms with Crippen molar-refractivity contribution in [2.45, 2.75) is 20.3 Å². The first-order valence-corrected chi connectivity index (χ1v) is 4.70. The summed E-state index contributed by atoms with van der Waals surface area (Å²) in [6.45, 7) is 3.32. The Morgan fingerprint density at radius 3 is 2.69 bits per heavy atom. The van der Waals surface area contributed by atoms with Crippen LogP contribution in [-0.2, 0) is 6.42 Å². The molecule has 0 saturated heterocycles. The van der Waals surface area contributed by atoms with Crippen LogP contribution in [0.4, 0.5) is 10.1 Å². The van der Waals surface area contributed by atoms with E-state index in [0.29, 0.717) is 0 Å². The van der Waals surface area contributed by atoms with Crippen molar-refractivity contribution < 1.29 is 9.31 Å². The number of benzene rings is 1. The fourth-order valence-corrected chi connectivity index (χ4v) is 1.36. The summed E-state index contributed by atoms with van der Waals surface area (Å²) in [7, 11) is 0. The first-order valence-electron chi connectivity index (χ1n) is 4.70. The van der Waals surface area contributed by atoms with Gasteiger partial charge in [0.05, 0.1) is 16.4 Å². The zero-order chi connectivity index (χ0) is 12.3. The highest BCUT2D eigenvalue weighted by molar-refractivity contribution is 5.37. The van der Waals surface area contributed by atoms with Crippen LogP contribution in [0.15, 0.2) is 18.2 Å². The standard InChI is InChI=1S/C11H11FN2O2/c1-11(2,7-13)6-8-4-3-5-9(10(8)12)14(15)16/h3-5H,6H2,1-2H3. The first-order chi connectivity index (χ1) is 7.37. The van der Waals surface area contributed by atoms with Crippen molar-refractivity contribution in [3.63, 3.8) is 0 Å². The summed E-state index contributed by atoms with van der Waals surface area (Å²) >= 11 is 0. The molecule has 1 rings (SSSR count). The van der Waals surface area contributed by atoms with E-state index < -0.39 is 21.8 Å². The molecule has 1 aromatic carbocycles. The zero-order valence-electron chi connectivity index (χ0n) is 9.03. The number of hydrogen-bond donors (Lipinski definition) is 0. The van der Waals surface area contributed by atoms with E-state index in [0.717, 1.165) is 6.07 Å². The molecule has 4 nitrogen and oxygen atoms in total. The maximum absolute atomic E-state index is 13.6. The monoisotopic (exact) mass is 222 g/mol. The Balaban J connectivity index is 3.13. The van der Waals surface area contributed by atoms with Gasteiger partial charge >= 0.3 is 5.69 Å². The van der Waals surface area contributed by atoms with Crippen LogP contribution in [-0.4, -0.2) is 4.92 Å². The number of halogens is 1.